The van der Waals surface area contributed by atoms with Crippen molar-refractivity contribution in [2.24, 2.45) is 0 Å². The highest BCUT2D eigenvalue weighted by atomic mass is 35.5. The number of anilines is 1. The second-order valence-electron chi connectivity index (χ2n) is 6.49. The van der Waals surface area contributed by atoms with Gasteiger partial charge >= 0.3 is 11.4 Å². The van der Waals surface area contributed by atoms with E-state index in [1.807, 2.05) is 13.0 Å². The van der Waals surface area contributed by atoms with Crippen LogP contribution < -0.4 is 15.2 Å². The Balaban J connectivity index is 0.000000249. The lowest BCUT2D eigenvalue weighted by Gasteiger charge is -2.01. The number of halogens is 1. The van der Waals surface area contributed by atoms with Crippen LogP contribution >= 0.6 is 11.6 Å². The molecule has 0 aliphatic rings. The smallest absolute Gasteiger partial charge is 0.331 e. The van der Waals surface area contributed by atoms with Gasteiger partial charge in [0.05, 0.1) is 29.8 Å². The molecule has 2 N–H and O–H groups in total. The molecule has 0 fully saturated rings. The molecule has 12 nitrogen and oxygen atoms in total. The second kappa shape index (κ2) is 12.7. The van der Waals surface area contributed by atoms with Gasteiger partial charge in [-0.3, -0.25) is 20.2 Å². The Morgan fingerprint density at radius 2 is 1.21 bits per heavy atom. The summed E-state index contributed by atoms with van der Waals surface area (Å²) in [6.45, 7) is 5.39. The molecule has 13 heteroatoms. The monoisotopic (exact) mass is 478 g/mol. The zero-order valence-corrected chi connectivity index (χ0v) is 19.4. The number of nitrogen functional groups attached to an aromatic ring is 1. The Hall–Kier alpha value is -4.06. The maximum absolute atomic E-state index is 10.4. The van der Waals surface area contributed by atoms with Crippen molar-refractivity contribution in [3.8, 4) is 11.8 Å². The van der Waals surface area contributed by atoms with Crippen LogP contribution in [-0.4, -0.2) is 39.0 Å². The number of nitrogens with two attached hydrogens (primary N) is 1. The first kappa shape index (κ1) is 27.0. The third-order valence-corrected chi connectivity index (χ3v) is 4.01. The lowest BCUT2D eigenvalue weighted by Crippen LogP contribution is -1.96. The highest BCUT2D eigenvalue weighted by Gasteiger charge is 2.15. The molecular weight excluding hydrogens is 456 g/mol. The topological polar surface area (TPSA) is 169 Å². The zero-order valence-electron chi connectivity index (χ0n) is 18.6. The average Bonchev–Trinajstić information content (AvgIpc) is 2.76. The largest absolute Gasteiger partial charge is 0.480 e. The summed E-state index contributed by atoms with van der Waals surface area (Å²) >= 11 is 5.44. The molecule has 0 atom stereocenters. The fourth-order valence-corrected chi connectivity index (χ4v) is 2.42. The predicted octanol–water partition coefficient (Wildman–Crippen LogP) is 4.24. The Bertz CT molecular complexity index is 1130. The predicted molar refractivity (Wildman–Crippen MR) is 123 cm³/mol. The standard InChI is InChI=1S/C7H8N2O3.C7H10N2O.C6H5ClN2O2/c1-5-3-6(9(10)11)7(12-2)8-4-5;1-5-3-6(8)7(10-2)9-4-5;1-4-2-5(9(10)11)6(7)8-3-4/h3-4H,1-2H3;3-4H,8H2,1-2H3;2-3H,1H3. The van der Waals surface area contributed by atoms with Gasteiger partial charge in [-0.2, -0.15) is 0 Å². The first-order valence-electron chi connectivity index (χ1n) is 9.17. The molecule has 176 valence electrons. The molecule has 3 aromatic rings. The van der Waals surface area contributed by atoms with E-state index in [2.05, 4.69) is 15.0 Å². The second-order valence-corrected chi connectivity index (χ2v) is 6.85. The van der Waals surface area contributed by atoms with Crippen LogP contribution in [0.4, 0.5) is 17.1 Å². The molecule has 0 unspecified atom stereocenters. The van der Waals surface area contributed by atoms with Gasteiger partial charge in [-0.15, -0.1) is 0 Å². The Labute approximate surface area is 194 Å². The molecule has 3 heterocycles. The van der Waals surface area contributed by atoms with Gasteiger partial charge in [0.15, 0.2) is 0 Å². The van der Waals surface area contributed by atoms with E-state index < -0.39 is 9.85 Å². The summed E-state index contributed by atoms with van der Waals surface area (Å²) in [6.07, 6.45) is 4.72. The summed E-state index contributed by atoms with van der Waals surface area (Å²) in [5.74, 6) is 0.538. The van der Waals surface area contributed by atoms with Crippen molar-refractivity contribution >= 4 is 28.7 Å². The van der Waals surface area contributed by atoms with Crippen molar-refractivity contribution in [2.75, 3.05) is 20.0 Å². The summed E-state index contributed by atoms with van der Waals surface area (Å²) in [6, 6.07) is 4.63. The van der Waals surface area contributed by atoms with Crippen molar-refractivity contribution in [1.82, 2.24) is 15.0 Å². The van der Waals surface area contributed by atoms with Gasteiger partial charge < -0.3 is 15.2 Å². The molecule has 0 aliphatic carbocycles. The molecule has 3 aromatic heterocycles. The van der Waals surface area contributed by atoms with Crippen LogP contribution in [0.2, 0.25) is 5.15 Å². The molecule has 0 aliphatic heterocycles. The number of rotatable bonds is 4. The van der Waals surface area contributed by atoms with Gasteiger partial charge in [-0.1, -0.05) is 11.6 Å². The van der Waals surface area contributed by atoms with Crippen LogP contribution in [0.3, 0.4) is 0 Å². The summed E-state index contributed by atoms with van der Waals surface area (Å²) in [4.78, 5) is 30.9. The highest BCUT2D eigenvalue weighted by molar-refractivity contribution is 6.31. The summed E-state index contributed by atoms with van der Waals surface area (Å²) in [5.41, 5.74) is 8.39. The fraction of sp³-hybridized carbons (Fsp3) is 0.250. The van der Waals surface area contributed by atoms with Gasteiger partial charge in [-0.05, 0) is 43.5 Å². The minimum Gasteiger partial charge on any atom is -0.480 e. The molecule has 33 heavy (non-hydrogen) atoms. The quantitative estimate of drug-likeness (QED) is 0.325. The zero-order chi connectivity index (χ0) is 25.1. The van der Waals surface area contributed by atoms with E-state index in [-0.39, 0.29) is 22.4 Å². The number of nitro groups is 2. The minimum atomic E-state index is -0.553. The van der Waals surface area contributed by atoms with Gasteiger partial charge in [0.2, 0.25) is 11.0 Å². The van der Waals surface area contributed by atoms with Gasteiger partial charge in [0.1, 0.15) is 0 Å². The first-order valence-corrected chi connectivity index (χ1v) is 9.55. The molecule has 0 saturated heterocycles. The molecule has 0 radical (unpaired) electrons. The van der Waals surface area contributed by atoms with E-state index in [0.717, 1.165) is 16.7 Å². The van der Waals surface area contributed by atoms with E-state index in [0.29, 0.717) is 11.6 Å². The maximum Gasteiger partial charge on any atom is 0.331 e. The first-order chi connectivity index (χ1) is 15.5. The van der Waals surface area contributed by atoms with Crippen LogP contribution in [0.25, 0.3) is 0 Å². The van der Waals surface area contributed by atoms with E-state index in [4.69, 9.17) is 26.8 Å². The lowest BCUT2D eigenvalue weighted by atomic mass is 10.3. The fourth-order valence-electron chi connectivity index (χ4n) is 2.24. The summed E-state index contributed by atoms with van der Waals surface area (Å²) in [5, 5.41) is 20.6. The molecule has 0 bridgehead atoms. The average molecular weight is 479 g/mol. The number of hydrogen-bond donors (Lipinski definition) is 1. The number of ether oxygens (including phenoxy) is 2. The van der Waals surface area contributed by atoms with Gasteiger partial charge in [-0.25, -0.2) is 15.0 Å². The molecule has 0 amide bonds. The van der Waals surface area contributed by atoms with E-state index in [1.165, 1.54) is 31.6 Å². The number of methoxy groups -OCH3 is 2. The van der Waals surface area contributed by atoms with Crippen LogP contribution in [0.5, 0.6) is 11.8 Å². The molecule has 0 aromatic carbocycles. The Kier molecular flexibility index (Phi) is 10.4. The summed E-state index contributed by atoms with van der Waals surface area (Å²) < 4.78 is 9.57. The van der Waals surface area contributed by atoms with Crippen molar-refractivity contribution in [2.45, 2.75) is 20.8 Å². The number of aryl methyl sites for hydroxylation is 3. The molecular formula is C20H23ClN6O6. The Morgan fingerprint density at radius 3 is 1.64 bits per heavy atom. The number of pyridine rings is 3. The third kappa shape index (κ3) is 8.53. The van der Waals surface area contributed by atoms with Crippen LogP contribution in [0, 0.1) is 41.0 Å². The Morgan fingerprint density at radius 1 is 0.788 bits per heavy atom. The third-order valence-electron chi connectivity index (χ3n) is 3.72. The van der Waals surface area contributed by atoms with E-state index >= 15 is 0 Å². The van der Waals surface area contributed by atoms with Crippen LogP contribution in [-0.2, 0) is 0 Å². The SMILES string of the molecule is COc1ncc(C)cc1N.COc1ncc(C)cc1[N+](=O)[O-].Cc1cnc(Cl)c([N+](=O)[O-])c1. The van der Waals surface area contributed by atoms with Crippen LogP contribution in [0.1, 0.15) is 16.7 Å². The molecule has 0 saturated carbocycles. The van der Waals surface area contributed by atoms with Gasteiger partial charge in [0.25, 0.3) is 5.88 Å². The minimum absolute atomic E-state index is 0.0469. The number of nitrogens with zero attached hydrogens (tertiary/aromatic N) is 5. The normalized spacial score (nSPS) is 9.52. The van der Waals surface area contributed by atoms with Crippen molar-refractivity contribution in [1.29, 1.82) is 0 Å². The van der Waals surface area contributed by atoms with Crippen molar-refractivity contribution < 1.29 is 19.3 Å². The molecule has 0 spiro atoms. The summed E-state index contributed by atoms with van der Waals surface area (Å²) in [7, 11) is 2.90. The number of hydrogen-bond acceptors (Lipinski definition) is 10. The number of aromatic nitrogens is 3. The van der Waals surface area contributed by atoms with Crippen molar-refractivity contribution in [3.63, 3.8) is 0 Å². The van der Waals surface area contributed by atoms with Crippen molar-refractivity contribution in [3.05, 3.63) is 78.9 Å². The van der Waals surface area contributed by atoms with E-state index in [9.17, 15) is 20.2 Å². The maximum atomic E-state index is 10.4. The molecule has 3 rings (SSSR count). The van der Waals surface area contributed by atoms with Gasteiger partial charge in [0, 0.05) is 30.7 Å². The lowest BCUT2D eigenvalue weighted by molar-refractivity contribution is -0.386. The van der Waals surface area contributed by atoms with E-state index in [1.54, 1.807) is 27.2 Å². The van der Waals surface area contributed by atoms with Crippen LogP contribution in [0.15, 0.2) is 36.8 Å². The highest BCUT2D eigenvalue weighted by Crippen LogP contribution is 2.24.